The molecule has 0 radical (unpaired) electrons. The molecule has 0 aromatic carbocycles. The molecule has 0 aliphatic carbocycles. The molecule has 1 unspecified atom stereocenters. The van der Waals surface area contributed by atoms with E-state index in [1.807, 2.05) is 12.4 Å². The normalized spacial score (nSPS) is 25.7. The second kappa shape index (κ2) is 4.75. The molecular formula is C13H20N2. The maximum absolute atomic E-state index is 4.07. The number of hydrogen-bond donors (Lipinski definition) is 1. The van der Waals surface area contributed by atoms with Gasteiger partial charge in [-0.15, -0.1) is 0 Å². The minimum Gasteiger partial charge on any atom is -0.311 e. The minimum absolute atomic E-state index is 0.371. The van der Waals surface area contributed by atoms with Gasteiger partial charge in [-0.3, -0.25) is 4.98 Å². The van der Waals surface area contributed by atoms with E-state index in [1.165, 1.54) is 37.8 Å². The Kier molecular flexibility index (Phi) is 3.37. The summed E-state index contributed by atoms with van der Waals surface area (Å²) in [6.07, 6.45) is 10.1. The van der Waals surface area contributed by atoms with Crippen LogP contribution in [0.1, 0.15) is 38.2 Å². The molecular weight excluding hydrogens is 184 g/mol. The van der Waals surface area contributed by atoms with Crippen LogP contribution in [0.2, 0.25) is 0 Å². The first-order chi connectivity index (χ1) is 7.35. The monoisotopic (exact) mass is 204 g/mol. The van der Waals surface area contributed by atoms with Crippen molar-refractivity contribution in [2.45, 2.75) is 44.6 Å². The summed E-state index contributed by atoms with van der Waals surface area (Å²) in [6, 6.07) is 4.27. The van der Waals surface area contributed by atoms with E-state index in [0.29, 0.717) is 5.54 Å². The second-order valence-electron chi connectivity index (χ2n) is 4.59. The highest BCUT2D eigenvalue weighted by molar-refractivity contribution is 5.15. The number of pyridine rings is 1. The minimum atomic E-state index is 0.371. The fourth-order valence-corrected chi connectivity index (χ4v) is 2.69. The van der Waals surface area contributed by atoms with Crippen LogP contribution in [0.25, 0.3) is 0 Å². The van der Waals surface area contributed by atoms with Crippen LogP contribution in [0.15, 0.2) is 24.5 Å². The average molecular weight is 204 g/mol. The lowest BCUT2D eigenvalue weighted by Crippen LogP contribution is -2.41. The van der Waals surface area contributed by atoms with Crippen molar-refractivity contribution in [3.05, 3.63) is 30.1 Å². The second-order valence-corrected chi connectivity index (χ2v) is 4.59. The molecule has 0 spiro atoms. The van der Waals surface area contributed by atoms with Gasteiger partial charge in [0, 0.05) is 17.9 Å². The lowest BCUT2D eigenvalue weighted by atomic mass is 9.85. The highest BCUT2D eigenvalue weighted by atomic mass is 15.0. The summed E-state index contributed by atoms with van der Waals surface area (Å²) in [5, 5.41) is 3.70. The summed E-state index contributed by atoms with van der Waals surface area (Å²) in [6.45, 7) is 3.46. The van der Waals surface area contributed by atoms with E-state index < -0.39 is 0 Å². The van der Waals surface area contributed by atoms with Crippen LogP contribution in [-0.4, -0.2) is 17.1 Å². The molecule has 1 atom stereocenters. The van der Waals surface area contributed by atoms with Gasteiger partial charge in [-0.2, -0.15) is 0 Å². The Morgan fingerprint density at radius 3 is 2.80 bits per heavy atom. The Bertz CT molecular complexity index is 289. The fraction of sp³-hybridized carbons (Fsp3) is 0.615. The molecule has 0 amide bonds. The lowest BCUT2D eigenvalue weighted by Gasteiger charge is -2.29. The summed E-state index contributed by atoms with van der Waals surface area (Å²) in [5.74, 6) is 0. The van der Waals surface area contributed by atoms with Gasteiger partial charge in [-0.1, -0.05) is 13.3 Å². The predicted molar refractivity (Wildman–Crippen MR) is 62.8 cm³/mol. The third-order valence-electron chi connectivity index (χ3n) is 3.35. The van der Waals surface area contributed by atoms with Gasteiger partial charge < -0.3 is 5.32 Å². The van der Waals surface area contributed by atoms with Gasteiger partial charge in [0.2, 0.25) is 0 Å². The van der Waals surface area contributed by atoms with E-state index in [0.717, 1.165) is 6.42 Å². The Balaban J connectivity index is 2.07. The van der Waals surface area contributed by atoms with Crippen LogP contribution in [0.3, 0.4) is 0 Å². The summed E-state index contributed by atoms with van der Waals surface area (Å²) in [7, 11) is 0. The number of nitrogens with zero attached hydrogens (tertiary/aromatic N) is 1. The third-order valence-corrected chi connectivity index (χ3v) is 3.35. The SMILES string of the molecule is CCCC1(Cc2ccncc2)CCCN1. The molecule has 2 heteroatoms. The molecule has 1 N–H and O–H groups in total. The van der Waals surface area contributed by atoms with Crippen LogP contribution in [0, 0.1) is 0 Å². The number of rotatable bonds is 4. The average Bonchev–Trinajstić information content (AvgIpc) is 2.69. The quantitative estimate of drug-likeness (QED) is 0.815. The zero-order valence-electron chi connectivity index (χ0n) is 9.50. The molecule has 15 heavy (non-hydrogen) atoms. The molecule has 1 aliphatic rings. The van der Waals surface area contributed by atoms with Crippen molar-refractivity contribution in [1.82, 2.24) is 10.3 Å². The van der Waals surface area contributed by atoms with E-state index in [1.54, 1.807) is 0 Å². The third kappa shape index (κ3) is 2.57. The van der Waals surface area contributed by atoms with E-state index in [4.69, 9.17) is 0 Å². The van der Waals surface area contributed by atoms with Crippen molar-refractivity contribution in [2.24, 2.45) is 0 Å². The molecule has 0 saturated carbocycles. The van der Waals surface area contributed by atoms with Gasteiger partial charge in [-0.05, 0) is 49.9 Å². The first kappa shape index (κ1) is 10.6. The highest BCUT2D eigenvalue weighted by Crippen LogP contribution is 2.28. The lowest BCUT2D eigenvalue weighted by molar-refractivity contribution is 0.342. The Morgan fingerprint density at radius 2 is 2.20 bits per heavy atom. The van der Waals surface area contributed by atoms with Crippen molar-refractivity contribution in [3.63, 3.8) is 0 Å². The number of nitrogens with one attached hydrogen (secondary N) is 1. The zero-order valence-corrected chi connectivity index (χ0v) is 9.50. The van der Waals surface area contributed by atoms with Crippen LogP contribution in [-0.2, 0) is 6.42 Å². The molecule has 1 aliphatic heterocycles. The summed E-state index contributed by atoms with van der Waals surface area (Å²) >= 11 is 0. The van der Waals surface area contributed by atoms with Gasteiger partial charge >= 0.3 is 0 Å². The topological polar surface area (TPSA) is 24.9 Å². The number of aromatic nitrogens is 1. The van der Waals surface area contributed by atoms with Gasteiger partial charge in [0.1, 0.15) is 0 Å². The van der Waals surface area contributed by atoms with Gasteiger partial charge in [0.15, 0.2) is 0 Å². The van der Waals surface area contributed by atoms with E-state index in [9.17, 15) is 0 Å². The van der Waals surface area contributed by atoms with Gasteiger partial charge in [0.25, 0.3) is 0 Å². The summed E-state index contributed by atoms with van der Waals surface area (Å²) in [5.41, 5.74) is 1.78. The largest absolute Gasteiger partial charge is 0.311 e. The molecule has 2 nitrogen and oxygen atoms in total. The standard InChI is InChI=1S/C13H20N2/c1-2-6-13(7-3-8-15-13)11-12-4-9-14-10-5-12/h4-5,9-10,15H,2-3,6-8,11H2,1H3. The van der Waals surface area contributed by atoms with Crippen LogP contribution >= 0.6 is 0 Å². The van der Waals surface area contributed by atoms with Crippen molar-refractivity contribution in [3.8, 4) is 0 Å². The molecule has 2 rings (SSSR count). The predicted octanol–water partition coefficient (Wildman–Crippen LogP) is 2.55. The molecule has 1 fully saturated rings. The van der Waals surface area contributed by atoms with Crippen molar-refractivity contribution < 1.29 is 0 Å². The first-order valence-electron chi connectivity index (χ1n) is 5.99. The van der Waals surface area contributed by atoms with Crippen LogP contribution in [0.4, 0.5) is 0 Å². The van der Waals surface area contributed by atoms with Gasteiger partial charge in [-0.25, -0.2) is 0 Å². The summed E-state index contributed by atoms with van der Waals surface area (Å²) in [4.78, 5) is 4.07. The Hall–Kier alpha value is -0.890. The van der Waals surface area contributed by atoms with E-state index >= 15 is 0 Å². The molecule has 2 heterocycles. The molecule has 0 bridgehead atoms. The zero-order chi connectivity index (χ0) is 10.6. The van der Waals surface area contributed by atoms with Crippen LogP contribution < -0.4 is 5.32 Å². The Labute approximate surface area is 92.1 Å². The molecule has 1 aromatic rings. The van der Waals surface area contributed by atoms with Gasteiger partial charge in [0.05, 0.1) is 0 Å². The highest BCUT2D eigenvalue weighted by Gasteiger charge is 2.32. The van der Waals surface area contributed by atoms with Crippen LogP contribution in [0.5, 0.6) is 0 Å². The maximum Gasteiger partial charge on any atom is 0.0270 e. The molecule has 82 valence electrons. The first-order valence-corrected chi connectivity index (χ1v) is 5.99. The number of hydrogen-bond acceptors (Lipinski definition) is 2. The summed E-state index contributed by atoms with van der Waals surface area (Å²) < 4.78 is 0. The Morgan fingerprint density at radius 1 is 1.40 bits per heavy atom. The van der Waals surface area contributed by atoms with Crippen molar-refractivity contribution in [1.29, 1.82) is 0 Å². The van der Waals surface area contributed by atoms with Crippen molar-refractivity contribution >= 4 is 0 Å². The van der Waals surface area contributed by atoms with E-state index in [2.05, 4.69) is 29.4 Å². The molecule has 1 aromatic heterocycles. The molecule has 1 saturated heterocycles. The maximum atomic E-state index is 4.07. The van der Waals surface area contributed by atoms with Crippen molar-refractivity contribution in [2.75, 3.05) is 6.54 Å². The van der Waals surface area contributed by atoms with E-state index in [-0.39, 0.29) is 0 Å². The smallest absolute Gasteiger partial charge is 0.0270 e. The fourth-order valence-electron chi connectivity index (χ4n) is 2.69.